The van der Waals surface area contributed by atoms with Crippen molar-refractivity contribution in [3.8, 4) is 11.5 Å². The quantitative estimate of drug-likeness (QED) is 0.302. The third-order valence-corrected chi connectivity index (χ3v) is 5.34. The number of likely N-dealkylation sites (tertiary alicyclic amines) is 1. The molecule has 1 saturated heterocycles. The largest absolute Gasteiger partial charge is 0.507 e. The number of carbonyl (C=O) groups excluding carboxylic acids is 2. The molecule has 1 amide bonds. The van der Waals surface area contributed by atoms with Crippen LogP contribution in [-0.2, 0) is 14.3 Å². The van der Waals surface area contributed by atoms with Gasteiger partial charge < -0.3 is 24.2 Å². The van der Waals surface area contributed by atoms with Gasteiger partial charge in [-0.05, 0) is 31.0 Å². The number of aliphatic hydroxyl groups is 1. The Hall–Kier alpha value is -3.32. The van der Waals surface area contributed by atoms with Gasteiger partial charge in [0.15, 0.2) is 11.5 Å². The maximum absolute atomic E-state index is 13.0. The van der Waals surface area contributed by atoms with Crippen LogP contribution in [0, 0.1) is 6.92 Å². The number of hydrogen-bond acceptors (Lipinski definition) is 6. The van der Waals surface area contributed by atoms with Gasteiger partial charge in [0.25, 0.3) is 11.7 Å². The lowest BCUT2D eigenvalue weighted by Gasteiger charge is -2.26. The number of benzene rings is 2. The minimum absolute atomic E-state index is 0.0542. The molecule has 2 aromatic rings. The van der Waals surface area contributed by atoms with Crippen molar-refractivity contribution in [2.45, 2.75) is 19.4 Å². The molecule has 0 radical (unpaired) electrons. The maximum Gasteiger partial charge on any atom is 0.295 e. The van der Waals surface area contributed by atoms with Gasteiger partial charge in [0.1, 0.15) is 5.76 Å². The summed E-state index contributed by atoms with van der Waals surface area (Å²) < 4.78 is 15.8. The minimum Gasteiger partial charge on any atom is -0.507 e. The molecule has 1 N–H and O–H groups in total. The van der Waals surface area contributed by atoms with Crippen LogP contribution >= 0.6 is 0 Å². The Bertz CT molecular complexity index is 996. The Labute approximate surface area is 181 Å². The van der Waals surface area contributed by atoms with Crippen LogP contribution in [0.1, 0.15) is 29.2 Å². The molecular formula is C24H27NO6. The highest BCUT2D eigenvalue weighted by Gasteiger charge is 2.46. The van der Waals surface area contributed by atoms with Gasteiger partial charge in [0, 0.05) is 25.8 Å². The molecule has 164 valence electrons. The molecule has 3 rings (SSSR count). The van der Waals surface area contributed by atoms with Gasteiger partial charge in [-0.25, -0.2) is 0 Å². The average molecular weight is 425 g/mol. The third kappa shape index (κ3) is 4.41. The summed E-state index contributed by atoms with van der Waals surface area (Å²) in [6, 6.07) is 11.6. The number of methoxy groups -OCH3 is 3. The fraction of sp³-hybridized carbons (Fsp3) is 0.333. The van der Waals surface area contributed by atoms with Crippen molar-refractivity contribution in [2.24, 2.45) is 0 Å². The third-order valence-electron chi connectivity index (χ3n) is 5.34. The van der Waals surface area contributed by atoms with E-state index in [1.54, 1.807) is 37.4 Å². The van der Waals surface area contributed by atoms with Crippen molar-refractivity contribution in [1.29, 1.82) is 0 Å². The van der Waals surface area contributed by atoms with Gasteiger partial charge in [-0.2, -0.15) is 0 Å². The maximum atomic E-state index is 13.0. The number of ether oxygens (including phenoxy) is 3. The molecule has 1 aliphatic heterocycles. The lowest BCUT2D eigenvalue weighted by atomic mass is 9.94. The first kappa shape index (κ1) is 22.4. The lowest BCUT2D eigenvalue weighted by Crippen LogP contribution is -2.31. The standard InChI is InChI=1S/C24H27NO6/c1-15-6-8-16(9-7-15)22(26)20-21(17-10-11-18(30-3)19(14-17)31-4)25(12-5-13-29-2)24(28)23(20)27/h6-11,14,21,26H,5,12-13H2,1-4H3. The van der Waals surface area contributed by atoms with Gasteiger partial charge in [-0.1, -0.05) is 35.9 Å². The van der Waals surface area contributed by atoms with Crippen molar-refractivity contribution in [3.63, 3.8) is 0 Å². The molecule has 1 fully saturated rings. The van der Waals surface area contributed by atoms with E-state index in [1.807, 2.05) is 19.1 Å². The van der Waals surface area contributed by atoms with E-state index >= 15 is 0 Å². The van der Waals surface area contributed by atoms with E-state index in [1.165, 1.54) is 19.1 Å². The normalized spacial score (nSPS) is 17.8. The summed E-state index contributed by atoms with van der Waals surface area (Å²) in [5, 5.41) is 11.0. The van der Waals surface area contributed by atoms with E-state index in [0.29, 0.717) is 42.2 Å². The predicted octanol–water partition coefficient (Wildman–Crippen LogP) is 3.47. The Morgan fingerprint density at radius 1 is 1.00 bits per heavy atom. The smallest absolute Gasteiger partial charge is 0.295 e. The van der Waals surface area contributed by atoms with Crippen LogP contribution < -0.4 is 9.47 Å². The molecule has 1 atom stereocenters. The van der Waals surface area contributed by atoms with Crippen molar-refractivity contribution < 1.29 is 28.9 Å². The highest BCUT2D eigenvalue weighted by atomic mass is 16.5. The fourth-order valence-electron chi connectivity index (χ4n) is 3.73. The Morgan fingerprint density at radius 2 is 1.68 bits per heavy atom. The molecule has 0 aromatic heterocycles. The molecular weight excluding hydrogens is 398 g/mol. The zero-order chi connectivity index (χ0) is 22.5. The minimum atomic E-state index is -0.752. The first-order valence-corrected chi connectivity index (χ1v) is 9.99. The number of aryl methyl sites for hydroxylation is 1. The molecule has 1 unspecified atom stereocenters. The van der Waals surface area contributed by atoms with Crippen LogP contribution in [0.4, 0.5) is 0 Å². The number of aliphatic hydroxyl groups excluding tert-OH is 1. The van der Waals surface area contributed by atoms with Crippen LogP contribution in [0.15, 0.2) is 48.0 Å². The number of carbonyl (C=O) groups is 2. The molecule has 0 spiro atoms. The van der Waals surface area contributed by atoms with Crippen LogP contribution in [0.2, 0.25) is 0 Å². The molecule has 1 heterocycles. The highest BCUT2D eigenvalue weighted by Crippen LogP contribution is 2.42. The molecule has 0 aliphatic carbocycles. The molecule has 31 heavy (non-hydrogen) atoms. The summed E-state index contributed by atoms with van der Waals surface area (Å²) >= 11 is 0. The first-order chi connectivity index (χ1) is 14.9. The number of amides is 1. The molecule has 0 bridgehead atoms. The Balaban J connectivity index is 2.15. The molecule has 1 aliphatic rings. The fourth-order valence-corrected chi connectivity index (χ4v) is 3.73. The second kappa shape index (κ2) is 9.66. The van der Waals surface area contributed by atoms with Crippen LogP contribution in [0.3, 0.4) is 0 Å². The Morgan fingerprint density at radius 3 is 2.29 bits per heavy atom. The van der Waals surface area contributed by atoms with Crippen LogP contribution in [0.25, 0.3) is 5.76 Å². The Kier molecular flexibility index (Phi) is 6.97. The van der Waals surface area contributed by atoms with Crippen molar-refractivity contribution in [1.82, 2.24) is 4.90 Å². The average Bonchev–Trinajstić information content (AvgIpc) is 3.03. The number of Topliss-reactive ketones (excluding diaryl/α,β-unsaturated/α-hetero) is 1. The van der Waals surface area contributed by atoms with Crippen LogP contribution in [-0.4, -0.2) is 56.2 Å². The summed E-state index contributed by atoms with van der Waals surface area (Å²) in [4.78, 5) is 27.4. The van der Waals surface area contributed by atoms with E-state index in [-0.39, 0.29) is 11.3 Å². The predicted molar refractivity (Wildman–Crippen MR) is 116 cm³/mol. The summed E-state index contributed by atoms with van der Waals surface area (Å²) in [5.41, 5.74) is 2.19. The molecule has 2 aromatic carbocycles. The molecule has 0 saturated carbocycles. The number of nitrogens with zero attached hydrogens (tertiary/aromatic N) is 1. The van der Waals surface area contributed by atoms with Crippen LogP contribution in [0.5, 0.6) is 11.5 Å². The van der Waals surface area contributed by atoms with E-state index in [4.69, 9.17) is 14.2 Å². The van der Waals surface area contributed by atoms with E-state index < -0.39 is 17.7 Å². The summed E-state index contributed by atoms with van der Waals surface area (Å²) in [7, 11) is 4.63. The summed E-state index contributed by atoms with van der Waals surface area (Å²) in [6.07, 6.45) is 0.553. The number of ketones is 1. The second-order valence-corrected chi connectivity index (χ2v) is 7.32. The van der Waals surface area contributed by atoms with Gasteiger partial charge >= 0.3 is 0 Å². The number of hydrogen-bond donors (Lipinski definition) is 1. The van der Waals surface area contributed by atoms with Gasteiger partial charge in [-0.15, -0.1) is 0 Å². The van der Waals surface area contributed by atoms with Crippen molar-refractivity contribution in [2.75, 3.05) is 34.5 Å². The molecule has 7 nitrogen and oxygen atoms in total. The summed E-state index contributed by atoms with van der Waals surface area (Å²) in [6.45, 7) is 2.68. The molecule has 7 heteroatoms. The summed E-state index contributed by atoms with van der Waals surface area (Å²) in [5.74, 6) is -0.564. The topological polar surface area (TPSA) is 85.3 Å². The lowest BCUT2D eigenvalue weighted by molar-refractivity contribution is -0.140. The second-order valence-electron chi connectivity index (χ2n) is 7.32. The van der Waals surface area contributed by atoms with Gasteiger partial charge in [0.2, 0.25) is 0 Å². The van der Waals surface area contributed by atoms with Gasteiger partial charge in [-0.3, -0.25) is 9.59 Å². The van der Waals surface area contributed by atoms with E-state index in [9.17, 15) is 14.7 Å². The van der Waals surface area contributed by atoms with Gasteiger partial charge in [0.05, 0.1) is 25.8 Å². The zero-order valence-corrected chi connectivity index (χ0v) is 18.2. The SMILES string of the molecule is COCCCN1C(=O)C(=O)C(=C(O)c2ccc(C)cc2)C1c1ccc(OC)c(OC)c1. The zero-order valence-electron chi connectivity index (χ0n) is 18.2. The van der Waals surface area contributed by atoms with Crippen molar-refractivity contribution in [3.05, 3.63) is 64.7 Å². The highest BCUT2D eigenvalue weighted by molar-refractivity contribution is 6.46. The first-order valence-electron chi connectivity index (χ1n) is 9.99. The van der Waals surface area contributed by atoms with Crippen molar-refractivity contribution >= 4 is 17.4 Å². The van der Waals surface area contributed by atoms with E-state index in [2.05, 4.69) is 0 Å². The number of rotatable bonds is 8. The monoisotopic (exact) mass is 425 g/mol. The van der Waals surface area contributed by atoms with E-state index in [0.717, 1.165) is 5.56 Å².